The van der Waals surface area contributed by atoms with E-state index in [2.05, 4.69) is 5.32 Å². The van der Waals surface area contributed by atoms with Gasteiger partial charge in [-0.25, -0.2) is 12.8 Å². The van der Waals surface area contributed by atoms with Crippen LogP contribution in [0.4, 0.5) is 15.8 Å². The fraction of sp³-hybridized carbons (Fsp3) is 0.105. The van der Waals surface area contributed by atoms with Crippen molar-refractivity contribution in [3.05, 3.63) is 70.8 Å². The van der Waals surface area contributed by atoms with E-state index in [1.54, 1.807) is 41.8 Å². The molecule has 0 spiro atoms. The van der Waals surface area contributed by atoms with E-state index in [-0.39, 0.29) is 21.5 Å². The highest BCUT2D eigenvalue weighted by atomic mass is 35.5. The van der Waals surface area contributed by atoms with Crippen molar-refractivity contribution in [2.45, 2.75) is 4.21 Å². The lowest BCUT2D eigenvalue weighted by molar-refractivity contribution is -0.118. The Labute approximate surface area is 176 Å². The summed E-state index contributed by atoms with van der Waals surface area (Å²) in [5.41, 5.74) is 0.728. The minimum atomic E-state index is -3.62. The predicted molar refractivity (Wildman–Crippen MR) is 112 cm³/mol. The Morgan fingerprint density at radius 3 is 2.55 bits per heavy atom. The van der Waals surface area contributed by atoms with Crippen LogP contribution in [0.25, 0.3) is 0 Å². The monoisotopic (exact) mass is 454 g/mol. The van der Waals surface area contributed by atoms with Crippen LogP contribution in [0.1, 0.15) is 0 Å². The first-order chi connectivity index (χ1) is 13.8. The second kappa shape index (κ2) is 8.81. The van der Waals surface area contributed by atoms with E-state index in [0.717, 1.165) is 17.4 Å². The van der Waals surface area contributed by atoms with Gasteiger partial charge in [-0.1, -0.05) is 17.7 Å². The second-order valence-electron chi connectivity index (χ2n) is 5.86. The van der Waals surface area contributed by atoms with Gasteiger partial charge in [-0.3, -0.25) is 9.10 Å². The number of amides is 1. The van der Waals surface area contributed by atoms with Gasteiger partial charge in [0.25, 0.3) is 15.9 Å². The molecule has 0 aliphatic heterocycles. The number of anilines is 2. The third kappa shape index (κ3) is 5.06. The first-order valence-electron chi connectivity index (χ1n) is 8.27. The van der Waals surface area contributed by atoms with Gasteiger partial charge in [-0.05, 0) is 53.9 Å². The molecule has 3 rings (SSSR count). The maximum Gasteiger partial charge on any atom is 0.273 e. The third-order valence-corrected chi connectivity index (χ3v) is 7.36. The molecule has 0 bridgehead atoms. The van der Waals surface area contributed by atoms with Crippen molar-refractivity contribution in [3.63, 3.8) is 0 Å². The minimum Gasteiger partial charge on any atom is -0.484 e. The molecule has 1 N–H and O–H groups in total. The van der Waals surface area contributed by atoms with Gasteiger partial charge in [0.05, 0.1) is 16.4 Å². The van der Waals surface area contributed by atoms with Crippen LogP contribution in [0.2, 0.25) is 5.02 Å². The van der Waals surface area contributed by atoms with E-state index in [9.17, 15) is 17.6 Å². The molecule has 0 fully saturated rings. The highest BCUT2D eigenvalue weighted by Crippen LogP contribution is 2.27. The normalized spacial score (nSPS) is 11.1. The van der Waals surface area contributed by atoms with Crippen LogP contribution in [0, 0.1) is 5.82 Å². The number of carbonyl (C=O) groups is 1. The van der Waals surface area contributed by atoms with Crippen molar-refractivity contribution < 1.29 is 22.3 Å². The van der Waals surface area contributed by atoms with Gasteiger partial charge in [0, 0.05) is 7.05 Å². The molecule has 0 radical (unpaired) electrons. The van der Waals surface area contributed by atoms with Gasteiger partial charge in [0.15, 0.2) is 6.61 Å². The number of halogens is 2. The smallest absolute Gasteiger partial charge is 0.273 e. The van der Waals surface area contributed by atoms with Crippen LogP contribution in [-0.2, 0) is 14.8 Å². The fourth-order valence-electron chi connectivity index (χ4n) is 2.36. The van der Waals surface area contributed by atoms with Crippen LogP contribution in [-0.4, -0.2) is 28.0 Å². The van der Waals surface area contributed by atoms with E-state index in [1.165, 1.54) is 23.5 Å². The molecule has 1 aromatic heterocycles. The predicted octanol–water partition coefficient (Wildman–Crippen LogP) is 4.38. The molecular weight excluding hydrogens is 439 g/mol. The lowest BCUT2D eigenvalue weighted by atomic mass is 10.3. The van der Waals surface area contributed by atoms with Crippen molar-refractivity contribution in [2.24, 2.45) is 0 Å². The number of carbonyl (C=O) groups excluding carboxylic acids is 1. The summed E-state index contributed by atoms with van der Waals surface area (Å²) in [6.45, 7) is -0.295. The average Bonchev–Trinajstić information content (AvgIpc) is 3.24. The Hall–Kier alpha value is -2.62. The Morgan fingerprint density at radius 1 is 1.21 bits per heavy atom. The van der Waals surface area contributed by atoms with E-state index < -0.39 is 21.7 Å². The lowest BCUT2D eigenvalue weighted by Gasteiger charge is -2.18. The zero-order valence-electron chi connectivity index (χ0n) is 15.1. The van der Waals surface area contributed by atoms with Crippen molar-refractivity contribution >= 4 is 50.2 Å². The van der Waals surface area contributed by atoms with Crippen molar-refractivity contribution in [2.75, 3.05) is 23.3 Å². The number of sulfonamides is 1. The topological polar surface area (TPSA) is 75.7 Å². The molecule has 1 amide bonds. The Morgan fingerprint density at radius 2 is 1.93 bits per heavy atom. The van der Waals surface area contributed by atoms with E-state index >= 15 is 0 Å². The molecule has 29 heavy (non-hydrogen) atoms. The number of nitrogens with one attached hydrogen (secondary N) is 1. The molecule has 0 aliphatic carbocycles. The molecule has 2 aromatic carbocycles. The number of benzene rings is 2. The van der Waals surface area contributed by atoms with Gasteiger partial charge in [0.2, 0.25) is 0 Å². The molecule has 3 aromatic rings. The summed E-state index contributed by atoms with van der Waals surface area (Å²) in [5, 5.41) is 4.30. The standard InChI is InChI=1S/C19H16ClFN2O4S2/c1-23(29(25,26)19-3-2-10-28-19)14-5-7-15(8-6-14)27-12-18(24)22-17-9-4-13(21)11-16(17)20/h2-11H,12H2,1H3,(H,22,24). The zero-order valence-corrected chi connectivity index (χ0v) is 17.5. The summed E-state index contributed by atoms with van der Waals surface area (Å²) >= 11 is 7.00. The van der Waals surface area contributed by atoms with Crippen LogP contribution < -0.4 is 14.4 Å². The van der Waals surface area contributed by atoms with Gasteiger partial charge in [-0.2, -0.15) is 0 Å². The summed E-state index contributed by atoms with van der Waals surface area (Å²) in [6, 6.07) is 13.1. The fourth-order valence-corrected chi connectivity index (χ4v) is 4.93. The molecule has 152 valence electrons. The highest BCUT2D eigenvalue weighted by Gasteiger charge is 2.22. The molecule has 0 atom stereocenters. The molecule has 6 nitrogen and oxygen atoms in total. The second-order valence-corrected chi connectivity index (χ2v) is 9.41. The van der Waals surface area contributed by atoms with Crippen LogP contribution >= 0.6 is 22.9 Å². The maximum absolute atomic E-state index is 13.0. The Kier molecular flexibility index (Phi) is 6.41. The van der Waals surface area contributed by atoms with Crippen LogP contribution in [0.15, 0.2) is 64.2 Å². The molecule has 0 saturated carbocycles. The van der Waals surface area contributed by atoms with E-state index in [1.807, 2.05) is 0 Å². The Bertz CT molecular complexity index is 1100. The van der Waals surface area contributed by atoms with Crippen LogP contribution in [0.5, 0.6) is 5.75 Å². The van der Waals surface area contributed by atoms with Gasteiger partial charge in [0.1, 0.15) is 15.8 Å². The van der Waals surface area contributed by atoms with Gasteiger partial charge < -0.3 is 10.1 Å². The molecular formula is C19H16ClFN2O4S2. The van der Waals surface area contributed by atoms with Crippen molar-refractivity contribution in [1.82, 2.24) is 0 Å². The van der Waals surface area contributed by atoms with Gasteiger partial charge >= 0.3 is 0 Å². The number of thiophene rings is 1. The highest BCUT2D eigenvalue weighted by molar-refractivity contribution is 7.94. The summed E-state index contributed by atoms with van der Waals surface area (Å²) < 4.78 is 44.9. The summed E-state index contributed by atoms with van der Waals surface area (Å²) in [7, 11) is -2.16. The first-order valence-corrected chi connectivity index (χ1v) is 11.0. The number of nitrogens with zero attached hydrogens (tertiary/aromatic N) is 1. The number of rotatable bonds is 7. The van der Waals surface area contributed by atoms with Crippen molar-refractivity contribution in [3.8, 4) is 5.75 Å². The summed E-state index contributed by atoms with van der Waals surface area (Å²) in [4.78, 5) is 12.0. The van der Waals surface area contributed by atoms with E-state index in [0.29, 0.717) is 11.4 Å². The van der Waals surface area contributed by atoms with Crippen LogP contribution in [0.3, 0.4) is 0 Å². The third-order valence-electron chi connectivity index (χ3n) is 3.89. The number of hydrogen-bond donors (Lipinski definition) is 1. The van der Waals surface area contributed by atoms with E-state index in [4.69, 9.17) is 16.3 Å². The SMILES string of the molecule is CN(c1ccc(OCC(=O)Nc2ccc(F)cc2Cl)cc1)S(=O)(=O)c1cccs1. The molecule has 0 unspecified atom stereocenters. The Balaban J connectivity index is 1.60. The number of hydrogen-bond acceptors (Lipinski definition) is 5. The number of ether oxygens (including phenoxy) is 1. The van der Waals surface area contributed by atoms with Crippen molar-refractivity contribution in [1.29, 1.82) is 0 Å². The summed E-state index contributed by atoms with van der Waals surface area (Å²) in [6.07, 6.45) is 0. The van der Waals surface area contributed by atoms with Gasteiger partial charge in [-0.15, -0.1) is 11.3 Å². The molecule has 1 heterocycles. The lowest BCUT2D eigenvalue weighted by Crippen LogP contribution is -2.25. The molecule has 0 saturated heterocycles. The summed E-state index contributed by atoms with van der Waals surface area (Å²) in [5.74, 6) is -0.591. The largest absolute Gasteiger partial charge is 0.484 e. The zero-order chi connectivity index (χ0) is 21.0. The average molecular weight is 455 g/mol. The maximum atomic E-state index is 13.0. The quantitative estimate of drug-likeness (QED) is 0.574. The molecule has 0 aliphatic rings. The minimum absolute atomic E-state index is 0.0812. The molecule has 10 heteroatoms. The first kappa shape index (κ1) is 21.1.